The first-order chi connectivity index (χ1) is 11.8. The van der Waals surface area contributed by atoms with Crippen molar-refractivity contribution in [3.8, 4) is 11.5 Å². The van der Waals surface area contributed by atoms with Crippen LogP contribution in [0.3, 0.4) is 0 Å². The molecule has 25 heavy (non-hydrogen) atoms. The third-order valence-electron chi connectivity index (χ3n) is 3.29. The van der Waals surface area contributed by atoms with Gasteiger partial charge in [0.25, 0.3) is 10.0 Å². The van der Waals surface area contributed by atoms with Crippen molar-refractivity contribution in [3.05, 3.63) is 23.8 Å². The van der Waals surface area contributed by atoms with E-state index in [2.05, 4.69) is 20.2 Å². The fourth-order valence-corrected chi connectivity index (χ4v) is 3.87. The van der Waals surface area contributed by atoms with E-state index in [9.17, 15) is 13.2 Å². The molecule has 134 valence electrons. The molecular weight excluding hydrogens is 368 g/mol. The summed E-state index contributed by atoms with van der Waals surface area (Å²) in [4.78, 5) is 11.6. The van der Waals surface area contributed by atoms with E-state index in [1.54, 1.807) is 32.0 Å². The predicted octanol–water partition coefficient (Wildman–Crippen LogP) is 1.34. The Labute approximate surface area is 148 Å². The number of amides is 1. The molecule has 1 aromatic heterocycles. The highest BCUT2D eigenvalue weighted by atomic mass is 32.2. The fraction of sp³-hybridized carbons (Fsp3) is 0.357. The molecule has 0 atom stereocenters. The number of carbonyl (C=O) groups excluding carboxylic acids is 1. The number of aromatic nitrogens is 2. The number of anilines is 1. The van der Waals surface area contributed by atoms with Gasteiger partial charge in [-0.2, -0.15) is 0 Å². The second kappa shape index (κ2) is 6.94. The molecule has 1 amide bonds. The van der Waals surface area contributed by atoms with E-state index in [0.717, 1.165) is 11.3 Å². The smallest absolute Gasteiger partial charge is 0.270 e. The zero-order valence-corrected chi connectivity index (χ0v) is 15.1. The summed E-state index contributed by atoms with van der Waals surface area (Å²) >= 11 is 0.791. The molecule has 0 unspecified atom stereocenters. The molecule has 0 spiro atoms. The van der Waals surface area contributed by atoms with Gasteiger partial charge in [-0.25, -0.2) is 13.1 Å². The van der Waals surface area contributed by atoms with Gasteiger partial charge in [0.1, 0.15) is 0 Å². The summed E-state index contributed by atoms with van der Waals surface area (Å²) in [5.74, 6) is 0.703. The SMILES string of the molecule is CC(C)C(=O)Nc1nnc(S(=O)(=O)NCc2ccc3c(c2)OCO3)s1. The lowest BCUT2D eigenvalue weighted by atomic mass is 10.2. The molecule has 9 nitrogen and oxygen atoms in total. The Morgan fingerprint density at radius 2 is 2.04 bits per heavy atom. The molecule has 0 fully saturated rings. The van der Waals surface area contributed by atoms with Gasteiger partial charge in [-0.3, -0.25) is 4.79 Å². The maximum atomic E-state index is 12.3. The summed E-state index contributed by atoms with van der Waals surface area (Å²) in [5.41, 5.74) is 0.714. The van der Waals surface area contributed by atoms with E-state index < -0.39 is 10.0 Å². The summed E-state index contributed by atoms with van der Waals surface area (Å²) in [6.45, 7) is 3.66. The topological polar surface area (TPSA) is 120 Å². The fourth-order valence-electron chi connectivity index (χ4n) is 1.91. The molecule has 1 aliphatic rings. The average molecular weight is 384 g/mol. The monoisotopic (exact) mass is 384 g/mol. The molecule has 2 heterocycles. The maximum absolute atomic E-state index is 12.3. The largest absolute Gasteiger partial charge is 0.454 e. The van der Waals surface area contributed by atoms with Crippen molar-refractivity contribution < 1.29 is 22.7 Å². The zero-order chi connectivity index (χ0) is 18.0. The molecule has 0 bridgehead atoms. The van der Waals surface area contributed by atoms with Crippen LogP contribution in [0.25, 0.3) is 0 Å². The number of rotatable bonds is 6. The van der Waals surface area contributed by atoms with Crippen LogP contribution in [0.4, 0.5) is 5.13 Å². The van der Waals surface area contributed by atoms with Crippen molar-refractivity contribution in [1.29, 1.82) is 0 Å². The Kier molecular flexibility index (Phi) is 4.88. The second-order valence-corrected chi connectivity index (χ2v) is 8.45. The molecule has 11 heteroatoms. The normalized spacial score (nSPS) is 13.2. The first-order valence-electron chi connectivity index (χ1n) is 7.38. The van der Waals surface area contributed by atoms with E-state index in [1.165, 1.54) is 0 Å². The van der Waals surface area contributed by atoms with Crippen LogP contribution in [0.5, 0.6) is 11.5 Å². The summed E-state index contributed by atoms with van der Waals surface area (Å²) < 4.78 is 37.3. The van der Waals surface area contributed by atoms with Crippen LogP contribution >= 0.6 is 11.3 Å². The van der Waals surface area contributed by atoms with Gasteiger partial charge in [0.05, 0.1) is 0 Å². The van der Waals surface area contributed by atoms with Crippen LogP contribution in [-0.4, -0.2) is 31.3 Å². The van der Waals surface area contributed by atoms with Gasteiger partial charge in [0.2, 0.25) is 22.2 Å². The van der Waals surface area contributed by atoms with Gasteiger partial charge in [-0.1, -0.05) is 31.3 Å². The lowest BCUT2D eigenvalue weighted by molar-refractivity contribution is -0.118. The van der Waals surface area contributed by atoms with Crippen LogP contribution in [0.2, 0.25) is 0 Å². The lowest BCUT2D eigenvalue weighted by Gasteiger charge is -2.05. The van der Waals surface area contributed by atoms with Gasteiger partial charge in [-0.15, -0.1) is 10.2 Å². The van der Waals surface area contributed by atoms with E-state index in [4.69, 9.17) is 9.47 Å². The van der Waals surface area contributed by atoms with Crippen molar-refractivity contribution in [2.45, 2.75) is 24.7 Å². The standard InChI is InChI=1S/C14H16N4O5S2/c1-8(2)12(19)16-13-17-18-14(24-13)25(20,21)15-6-9-3-4-10-11(5-9)23-7-22-10/h3-5,8,15H,6-7H2,1-2H3,(H,16,17,19). The molecule has 0 saturated carbocycles. The van der Waals surface area contributed by atoms with Crippen LogP contribution in [0, 0.1) is 5.92 Å². The highest BCUT2D eigenvalue weighted by Gasteiger charge is 2.22. The average Bonchev–Trinajstić information content (AvgIpc) is 3.21. The number of fused-ring (bicyclic) bond motifs is 1. The number of hydrogen-bond acceptors (Lipinski definition) is 8. The van der Waals surface area contributed by atoms with Crippen LogP contribution in [0.15, 0.2) is 22.5 Å². The highest BCUT2D eigenvalue weighted by Crippen LogP contribution is 2.32. The van der Waals surface area contributed by atoms with E-state index in [0.29, 0.717) is 17.1 Å². The van der Waals surface area contributed by atoms with Gasteiger partial charge in [-0.05, 0) is 17.7 Å². The number of ether oxygens (including phenoxy) is 2. The lowest BCUT2D eigenvalue weighted by Crippen LogP contribution is -2.23. The molecular formula is C14H16N4O5S2. The van der Waals surface area contributed by atoms with Crippen molar-refractivity contribution in [3.63, 3.8) is 0 Å². The molecule has 0 radical (unpaired) electrons. The number of nitrogens with one attached hydrogen (secondary N) is 2. The predicted molar refractivity (Wildman–Crippen MR) is 90.0 cm³/mol. The first kappa shape index (κ1) is 17.6. The number of hydrogen-bond donors (Lipinski definition) is 2. The summed E-state index contributed by atoms with van der Waals surface area (Å²) in [7, 11) is -3.84. The Morgan fingerprint density at radius 3 is 2.80 bits per heavy atom. The number of benzene rings is 1. The number of nitrogens with zero attached hydrogens (tertiary/aromatic N) is 2. The summed E-state index contributed by atoms with van der Waals surface area (Å²) in [6, 6.07) is 5.17. The molecule has 2 N–H and O–H groups in total. The number of carbonyl (C=O) groups is 1. The van der Waals surface area contributed by atoms with Crippen molar-refractivity contribution in [2.75, 3.05) is 12.1 Å². The van der Waals surface area contributed by atoms with Crippen LogP contribution in [0.1, 0.15) is 19.4 Å². The Morgan fingerprint density at radius 1 is 1.28 bits per heavy atom. The maximum Gasteiger partial charge on any atom is 0.270 e. The quantitative estimate of drug-likeness (QED) is 0.721. The van der Waals surface area contributed by atoms with E-state index in [1.807, 2.05) is 0 Å². The Balaban J connectivity index is 1.66. The molecule has 1 aliphatic heterocycles. The second-order valence-electron chi connectivity index (χ2n) is 5.53. The third kappa shape index (κ3) is 4.06. The minimum Gasteiger partial charge on any atom is -0.454 e. The molecule has 2 aromatic rings. The van der Waals surface area contributed by atoms with Crippen molar-refractivity contribution >= 4 is 32.4 Å². The molecule has 0 aliphatic carbocycles. The zero-order valence-electron chi connectivity index (χ0n) is 13.5. The Bertz CT molecular complexity index is 894. The van der Waals surface area contributed by atoms with Crippen molar-refractivity contribution in [1.82, 2.24) is 14.9 Å². The summed E-state index contributed by atoms with van der Waals surface area (Å²) in [5, 5.41) is 9.98. The minimum absolute atomic E-state index is 0.0617. The molecule has 0 saturated heterocycles. The van der Waals surface area contributed by atoms with Crippen molar-refractivity contribution in [2.24, 2.45) is 5.92 Å². The Hall–Kier alpha value is -2.24. The van der Waals surface area contributed by atoms with Crippen LogP contribution < -0.4 is 19.5 Å². The van der Waals surface area contributed by atoms with Gasteiger partial charge >= 0.3 is 0 Å². The van der Waals surface area contributed by atoms with Gasteiger partial charge in [0, 0.05) is 12.5 Å². The molecule has 3 rings (SSSR count). The van der Waals surface area contributed by atoms with E-state index in [-0.39, 0.29) is 34.6 Å². The first-order valence-corrected chi connectivity index (χ1v) is 9.67. The van der Waals surface area contributed by atoms with Crippen LogP contribution in [-0.2, 0) is 21.4 Å². The number of sulfonamides is 1. The minimum atomic E-state index is -3.84. The van der Waals surface area contributed by atoms with E-state index >= 15 is 0 Å². The van der Waals surface area contributed by atoms with Gasteiger partial charge < -0.3 is 14.8 Å². The summed E-state index contributed by atoms with van der Waals surface area (Å²) in [6.07, 6.45) is 0. The molecule has 1 aromatic carbocycles. The highest BCUT2D eigenvalue weighted by molar-refractivity contribution is 7.91. The third-order valence-corrected chi connectivity index (χ3v) is 5.90. The van der Waals surface area contributed by atoms with Gasteiger partial charge in [0.15, 0.2) is 11.5 Å².